The summed E-state index contributed by atoms with van der Waals surface area (Å²) >= 11 is 0. The highest BCUT2D eigenvalue weighted by atomic mass is 19.4. The van der Waals surface area contributed by atoms with E-state index in [0.717, 1.165) is 18.4 Å². The Hall–Kier alpha value is -1.72. The van der Waals surface area contributed by atoms with E-state index in [4.69, 9.17) is 0 Å². The predicted molar refractivity (Wildman–Crippen MR) is 65.3 cm³/mol. The Balaban J connectivity index is 2.71. The molecule has 0 radical (unpaired) electrons. The number of alkyl halides is 3. The zero-order chi connectivity index (χ0) is 13.8. The first-order chi connectivity index (χ1) is 8.34. The average Bonchev–Trinajstić information content (AvgIpc) is 2.25. The molecule has 1 rings (SSSR count). The summed E-state index contributed by atoms with van der Waals surface area (Å²) < 4.78 is 37.5. The van der Waals surface area contributed by atoms with Crippen molar-refractivity contribution in [1.82, 2.24) is 10.3 Å². The molecule has 3 nitrogen and oxygen atoms in total. The number of nitrogens with one attached hydrogen (secondary N) is 2. The Morgan fingerprint density at radius 1 is 1.44 bits per heavy atom. The van der Waals surface area contributed by atoms with Gasteiger partial charge in [-0.1, -0.05) is 6.58 Å². The molecule has 1 heterocycles. The Kier molecular flexibility index (Phi) is 4.58. The van der Waals surface area contributed by atoms with Gasteiger partial charge in [0.15, 0.2) is 0 Å². The van der Waals surface area contributed by atoms with Gasteiger partial charge in [-0.2, -0.15) is 13.2 Å². The topological polar surface area (TPSA) is 37.0 Å². The number of pyridine rings is 1. The van der Waals surface area contributed by atoms with Crippen LogP contribution in [0.2, 0.25) is 0 Å². The second kappa shape index (κ2) is 5.75. The second-order valence-electron chi connectivity index (χ2n) is 3.87. The molecule has 0 amide bonds. The average molecular weight is 259 g/mol. The molecule has 0 aliphatic carbocycles. The van der Waals surface area contributed by atoms with Crippen LogP contribution in [-0.2, 0) is 6.18 Å². The Morgan fingerprint density at radius 3 is 2.61 bits per heavy atom. The second-order valence-corrected chi connectivity index (χ2v) is 3.87. The third-order valence-electron chi connectivity index (χ3n) is 2.33. The van der Waals surface area contributed by atoms with Crippen LogP contribution < -0.4 is 10.6 Å². The molecule has 0 aliphatic rings. The normalized spacial score (nSPS) is 11.2. The molecule has 0 unspecified atom stereocenters. The van der Waals surface area contributed by atoms with Gasteiger partial charge < -0.3 is 10.6 Å². The third-order valence-corrected chi connectivity index (χ3v) is 2.33. The number of hydrogen-bond acceptors (Lipinski definition) is 3. The molecule has 1 aromatic rings. The fourth-order valence-corrected chi connectivity index (χ4v) is 1.46. The van der Waals surface area contributed by atoms with Crippen molar-refractivity contribution >= 4 is 5.82 Å². The highest BCUT2D eigenvalue weighted by Crippen LogP contribution is 2.31. The Bertz CT molecular complexity index is 427. The monoisotopic (exact) mass is 259 g/mol. The minimum atomic E-state index is -4.36. The first-order valence-corrected chi connectivity index (χ1v) is 5.54. The summed E-state index contributed by atoms with van der Waals surface area (Å²) in [6, 6.07) is 1.38. The largest absolute Gasteiger partial charge is 0.418 e. The minimum absolute atomic E-state index is 0.147. The molecular formula is C12H16F3N3. The van der Waals surface area contributed by atoms with Gasteiger partial charge in [0.05, 0.1) is 12.1 Å². The van der Waals surface area contributed by atoms with Crippen molar-refractivity contribution in [3.63, 3.8) is 0 Å². The van der Waals surface area contributed by atoms with Crippen molar-refractivity contribution in [1.29, 1.82) is 0 Å². The molecule has 0 saturated carbocycles. The number of rotatable bonds is 5. The molecule has 0 spiro atoms. The lowest BCUT2D eigenvalue weighted by Crippen LogP contribution is -2.19. The van der Waals surface area contributed by atoms with Crippen LogP contribution in [0.4, 0.5) is 19.0 Å². The Morgan fingerprint density at radius 2 is 2.11 bits per heavy atom. The van der Waals surface area contributed by atoms with E-state index in [0.29, 0.717) is 12.4 Å². The number of aryl methyl sites for hydroxylation is 1. The number of hydrogen-bond donors (Lipinski definition) is 2. The summed E-state index contributed by atoms with van der Waals surface area (Å²) in [5.41, 5.74) is 0.199. The van der Waals surface area contributed by atoms with E-state index in [1.165, 1.54) is 13.0 Å². The lowest BCUT2D eigenvalue weighted by Gasteiger charge is -2.13. The first-order valence-electron chi connectivity index (χ1n) is 5.54. The van der Waals surface area contributed by atoms with Crippen LogP contribution in [0.5, 0.6) is 0 Å². The first kappa shape index (κ1) is 14.3. The molecule has 0 bridgehead atoms. The van der Waals surface area contributed by atoms with Gasteiger partial charge in [-0.15, -0.1) is 0 Å². The zero-order valence-electron chi connectivity index (χ0n) is 10.4. The molecule has 0 aromatic carbocycles. The van der Waals surface area contributed by atoms with E-state index >= 15 is 0 Å². The molecule has 0 fully saturated rings. The lowest BCUT2D eigenvalue weighted by molar-refractivity contribution is -0.138. The van der Waals surface area contributed by atoms with Crippen LogP contribution in [0.15, 0.2) is 24.5 Å². The van der Waals surface area contributed by atoms with E-state index in [-0.39, 0.29) is 5.56 Å². The van der Waals surface area contributed by atoms with Crippen molar-refractivity contribution in [3.8, 4) is 0 Å². The van der Waals surface area contributed by atoms with Crippen LogP contribution in [-0.4, -0.2) is 18.1 Å². The standard InChI is InChI=1S/C12H16F3N3/c1-4-16-9(3)6-17-11-5-8(2)10(7-18-11)12(13,14)15/h5,7,16H,3-4,6H2,1-2H3,(H,17,18). The fourth-order valence-electron chi connectivity index (χ4n) is 1.46. The number of likely N-dealkylation sites (N-methyl/N-ethyl adjacent to an activating group) is 1. The predicted octanol–water partition coefficient (Wildman–Crippen LogP) is 2.94. The van der Waals surface area contributed by atoms with E-state index in [2.05, 4.69) is 22.2 Å². The quantitative estimate of drug-likeness (QED) is 0.853. The van der Waals surface area contributed by atoms with E-state index in [9.17, 15) is 13.2 Å². The number of nitrogens with zero attached hydrogens (tertiary/aromatic N) is 1. The maximum Gasteiger partial charge on any atom is 0.418 e. The number of anilines is 1. The highest BCUT2D eigenvalue weighted by Gasteiger charge is 2.32. The van der Waals surface area contributed by atoms with Gasteiger partial charge in [-0.3, -0.25) is 0 Å². The van der Waals surface area contributed by atoms with Gasteiger partial charge in [0, 0.05) is 18.4 Å². The smallest absolute Gasteiger partial charge is 0.388 e. The van der Waals surface area contributed by atoms with Crippen molar-refractivity contribution in [2.75, 3.05) is 18.4 Å². The third kappa shape index (κ3) is 3.94. The fraction of sp³-hybridized carbons (Fsp3) is 0.417. The molecule has 2 N–H and O–H groups in total. The van der Waals surface area contributed by atoms with Gasteiger partial charge in [0.1, 0.15) is 5.82 Å². The highest BCUT2D eigenvalue weighted by molar-refractivity contribution is 5.42. The van der Waals surface area contributed by atoms with Crippen LogP contribution in [0.3, 0.4) is 0 Å². The Labute approximate surface area is 104 Å². The summed E-state index contributed by atoms with van der Waals surface area (Å²) in [4.78, 5) is 3.74. The summed E-state index contributed by atoms with van der Waals surface area (Å²) in [6.07, 6.45) is -3.52. The van der Waals surface area contributed by atoms with E-state index in [1.54, 1.807) is 0 Å². The summed E-state index contributed by atoms with van der Waals surface area (Å²) in [6.45, 7) is 8.28. The number of halogens is 3. The summed E-state index contributed by atoms with van der Waals surface area (Å²) in [7, 11) is 0. The minimum Gasteiger partial charge on any atom is -0.388 e. The maximum absolute atomic E-state index is 12.5. The molecule has 100 valence electrons. The van der Waals surface area contributed by atoms with Crippen LogP contribution >= 0.6 is 0 Å². The molecule has 18 heavy (non-hydrogen) atoms. The van der Waals surface area contributed by atoms with Gasteiger partial charge in [0.25, 0.3) is 0 Å². The van der Waals surface area contributed by atoms with Crippen LogP contribution in [0.25, 0.3) is 0 Å². The van der Waals surface area contributed by atoms with Gasteiger partial charge >= 0.3 is 6.18 Å². The maximum atomic E-state index is 12.5. The van der Waals surface area contributed by atoms with Crippen molar-refractivity contribution in [2.45, 2.75) is 20.0 Å². The van der Waals surface area contributed by atoms with Gasteiger partial charge in [-0.05, 0) is 25.5 Å². The molecular weight excluding hydrogens is 243 g/mol. The molecule has 0 atom stereocenters. The van der Waals surface area contributed by atoms with E-state index < -0.39 is 11.7 Å². The SMILES string of the molecule is C=C(CNc1cc(C)c(C(F)(F)F)cn1)NCC. The lowest BCUT2D eigenvalue weighted by atomic mass is 10.1. The summed E-state index contributed by atoms with van der Waals surface area (Å²) in [5, 5.41) is 5.91. The van der Waals surface area contributed by atoms with Crippen molar-refractivity contribution < 1.29 is 13.2 Å². The summed E-state index contributed by atoms with van der Waals surface area (Å²) in [5.74, 6) is 0.402. The molecule has 6 heteroatoms. The van der Waals surface area contributed by atoms with Crippen LogP contribution in [0, 0.1) is 6.92 Å². The van der Waals surface area contributed by atoms with Crippen molar-refractivity contribution in [2.24, 2.45) is 0 Å². The van der Waals surface area contributed by atoms with Crippen LogP contribution in [0.1, 0.15) is 18.1 Å². The van der Waals surface area contributed by atoms with Crippen molar-refractivity contribution in [3.05, 3.63) is 35.7 Å². The zero-order valence-corrected chi connectivity index (χ0v) is 10.4. The van der Waals surface area contributed by atoms with Gasteiger partial charge in [-0.25, -0.2) is 4.98 Å². The molecule has 0 aliphatic heterocycles. The van der Waals surface area contributed by atoms with Gasteiger partial charge in [0.2, 0.25) is 0 Å². The number of aromatic nitrogens is 1. The molecule has 0 saturated heterocycles. The van der Waals surface area contributed by atoms with E-state index in [1.807, 2.05) is 6.92 Å². The molecule has 1 aromatic heterocycles.